The zero-order chi connectivity index (χ0) is 10.1. The van der Waals surface area contributed by atoms with E-state index in [1.165, 1.54) is 5.56 Å². The Morgan fingerprint density at radius 1 is 1.14 bits per heavy atom. The lowest BCUT2D eigenvalue weighted by Gasteiger charge is -2.00. The van der Waals surface area contributed by atoms with Crippen molar-refractivity contribution in [3.05, 3.63) is 47.5 Å². The summed E-state index contributed by atoms with van der Waals surface area (Å²) < 4.78 is 14.5. The Balaban J connectivity index is 2.44. The van der Waals surface area contributed by atoms with E-state index in [4.69, 9.17) is 0 Å². The molecule has 1 aromatic carbocycles. The largest absolute Gasteiger partial charge is 0.238 e. The number of aryl methyl sites for hydroxylation is 2. The first-order valence-electron chi connectivity index (χ1n) is 4.45. The van der Waals surface area contributed by atoms with Gasteiger partial charge in [-0.1, -0.05) is 17.7 Å². The minimum Gasteiger partial charge on any atom is -0.238 e. The first-order chi connectivity index (χ1) is 6.66. The molecular formula is C11H11FN2. The van der Waals surface area contributed by atoms with Gasteiger partial charge >= 0.3 is 0 Å². The van der Waals surface area contributed by atoms with Crippen LogP contribution in [0.2, 0.25) is 0 Å². The van der Waals surface area contributed by atoms with Gasteiger partial charge in [0.1, 0.15) is 0 Å². The Morgan fingerprint density at radius 3 is 2.29 bits per heavy atom. The number of nitrogens with zero attached hydrogens (tertiary/aromatic N) is 2. The van der Waals surface area contributed by atoms with E-state index in [2.05, 4.69) is 5.10 Å². The normalized spacial score (nSPS) is 10.5. The third kappa shape index (κ3) is 1.53. The molecule has 0 fully saturated rings. The highest BCUT2D eigenvalue weighted by Crippen LogP contribution is 2.11. The topological polar surface area (TPSA) is 17.8 Å². The van der Waals surface area contributed by atoms with Crippen LogP contribution in [-0.2, 0) is 0 Å². The van der Waals surface area contributed by atoms with Gasteiger partial charge in [-0.3, -0.25) is 0 Å². The molecule has 1 aromatic heterocycles. The van der Waals surface area contributed by atoms with Crippen LogP contribution in [0.15, 0.2) is 30.5 Å². The van der Waals surface area contributed by atoms with Crippen LogP contribution in [0.3, 0.4) is 0 Å². The smallest absolute Gasteiger partial charge is 0.235 e. The van der Waals surface area contributed by atoms with E-state index in [1.807, 2.05) is 31.2 Å². The number of benzene rings is 1. The molecular weight excluding hydrogens is 179 g/mol. The fourth-order valence-corrected chi connectivity index (χ4v) is 1.27. The maximum Gasteiger partial charge on any atom is 0.235 e. The van der Waals surface area contributed by atoms with E-state index < -0.39 is 5.95 Å². The van der Waals surface area contributed by atoms with Gasteiger partial charge in [-0.15, -0.1) is 5.10 Å². The molecule has 1 heterocycles. The maximum atomic E-state index is 13.0. The fraction of sp³-hybridized carbons (Fsp3) is 0.182. The quantitative estimate of drug-likeness (QED) is 0.676. The summed E-state index contributed by atoms with van der Waals surface area (Å²) in [7, 11) is 0. The molecule has 0 saturated heterocycles. The Hall–Kier alpha value is -1.64. The van der Waals surface area contributed by atoms with Gasteiger partial charge in [0.2, 0.25) is 5.95 Å². The van der Waals surface area contributed by atoms with Gasteiger partial charge in [-0.05, 0) is 26.0 Å². The molecule has 3 heteroatoms. The average molecular weight is 190 g/mol. The molecule has 0 radical (unpaired) electrons. The summed E-state index contributed by atoms with van der Waals surface area (Å²) in [6.07, 6.45) is 1.68. The second-order valence-corrected chi connectivity index (χ2v) is 3.38. The van der Waals surface area contributed by atoms with Crippen molar-refractivity contribution in [3.63, 3.8) is 0 Å². The van der Waals surface area contributed by atoms with Crippen LogP contribution in [0, 0.1) is 19.8 Å². The minimum atomic E-state index is -0.412. The Labute approximate surface area is 82.0 Å². The van der Waals surface area contributed by atoms with E-state index in [1.54, 1.807) is 17.8 Å². The lowest BCUT2D eigenvalue weighted by molar-refractivity contribution is 0.560. The van der Waals surface area contributed by atoms with Gasteiger partial charge in [0.05, 0.1) is 5.69 Å². The molecule has 0 amide bonds. The maximum absolute atomic E-state index is 13.0. The zero-order valence-corrected chi connectivity index (χ0v) is 8.16. The van der Waals surface area contributed by atoms with Crippen LogP contribution in [-0.4, -0.2) is 9.78 Å². The van der Waals surface area contributed by atoms with Gasteiger partial charge < -0.3 is 0 Å². The number of aromatic nitrogens is 2. The van der Waals surface area contributed by atoms with Gasteiger partial charge in [-0.2, -0.15) is 4.39 Å². The van der Waals surface area contributed by atoms with Crippen LogP contribution in [0.25, 0.3) is 5.69 Å². The summed E-state index contributed by atoms with van der Waals surface area (Å²) in [5.74, 6) is -0.412. The summed E-state index contributed by atoms with van der Waals surface area (Å²) in [6, 6.07) is 7.79. The summed E-state index contributed by atoms with van der Waals surface area (Å²) >= 11 is 0. The monoisotopic (exact) mass is 190 g/mol. The van der Waals surface area contributed by atoms with Crippen molar-refractivity contribution in [2.45, 2.75) is 13.8 Å². The van der Waals surface area contributed by atoms with Crippen LogP contribution in [0.5, 0.6) is 0 Å². The minimum absolute atomic E-state index is 0.412. The van der Waals surface area contributed by atoms with E-state index in [0.29, 0.717) is 5.56 Å². The zero-order valence-electron chi connectivity index (χ0n) is 8.16. The first kappa shape index (κ1) is 8.94. The summed E-state index contributed by atoms with van der Waals surface area (Å²) in [6.45, 7) is 3.71. The first-order valence-corrected chi connectivity index (χ1v) is 4.45. The van der Waals surface area contributed by atoms with Crippen LogP contribution in [0.4, 0.5) is 4.39 Å². The molecule has 0 aliphatic heterocycles. The van der Waals surface area contributed by atoms with Crippen LogP contribution >= 0.6 is 0 Å². The van der Waals surface area contributed by atoms with Crippen molar-refractivity contribution in [3.8, 4) is 5.69 Å². The summed E-state index contributed by atoms with van der Waals surface area (Å²) in [4.78, 5) is 0. The second-order valence-electron chi connectivity index (χ2n) is 3.38. The van der Waals surface area contributed by atoms with E-state index in [9.17, 15) is 4.39 Å². The van der Waals surface area contributed by atoms with Crippen molar-refractivity contribution in [1.29, 1.82) is 0 Å². The standard InChI is InChI=1S/C11H11FN2/c1-8-3-5-10(6-4-8)14-7-9(2)11(12)13-14/h3-7H,1-2H3. The molecule has 0 unspecified atom stereocenters. The molecule has 0 aliphatic rings. The highest BCUT2D eigenvalue weighted by molar-refractivity contribution is 5.33. The van der Waals surface area contributed by atoms with Gasteiger partial charge in [-0.25, -0.2) is 4.68 Å². The van der Waals surface area contributed by atoms with Crippen molar-refractivity contribution >= 4 is 0 Å². The highest BCUT2D eigenvalue weighted by atomic mass is 19.1. The van der Waals surface area contributed by atoms with Gasteiger partial charge in [0.15, 0.2) is 0 Å². The molecule has 14 heavy (non-hydrogen) atoms. The molecule has 2 rings (SSSR count). The molecule has 0 aliphatic carbocycles. The molecule has 0 bridgehead atoms. The van der Waals surface area contributed by atoms with Crippen molar-refractivity contribution in [1.82, 2.24) is 9.78 Å². The molecule has 0 N–H and O–H groups in total. The van der Waals surface area contributed by atoms with Crippen molar-refractivity contribution in [2.24, 2.45) is 0 Å². The van der Waals surface area contributed by atoms with E-state index >= 15 is 0 Å². The molecule has 0 saturated carbocycles. The Bertz CT molecular complexity index is 423. The van der Waals surface area contributed by atoms with Crippen molar-refractivity contribution in [2.75, 3.05) is 0 Å². The van der Waals surface area contributed by atoms with Crippen LogP contribution in [0.1, 0.15) is 11.1 Å². The van der Waals surface area contributed by atoms with Crippen LogP contribution < -0.4 is 0 Å². The predicted octanol–water partition coefficient (Wildman–Crippen LogP) is 2.63. The predicted molar refractivity (Wildman–Crippen MR) is 53.0 cm³/mol. The highest BCUT2D eigenvalue weighted by Gasteiger charge is 2.04. The molecule has 0 atom stereocenters. The fourth-order valence-electron chi connectivity index (χ4n) is 1.27. The Morgan fingerprint density at radius 2 is 1.79 bits per heavy atom. The molecule has 2 aromatic rings. The number of hydrogen-bond acceptors (Lipinski definition) is 1. The molecule has 2 nitrogen and oxygen atoms in total. The molecule has 72 valence electrons. The average Bonchev–Trinajstić information content (AvgIpc) is 2.48. The van der Waals surface area contributed by atoms with E-state index in [-0.39, 0.29) is 0 Å². The lowest BCUT2D eigenvalue weighted by Crippen LogP contribution is -1.94. The lowest BCUT2D eigenvalue weighted by atomic mass is 10.2. The Kier molecular flexibility index (Phi) is 2.08. The van der Waals surface area contributed by atoms with Gasteiger partial charge in [0, 0.05) is 11.8 Å². The molecule has 0 spiro atoms. The van der Waals surface area contributed by atoms with Gasteiger partial charge in [0.25, 0.3) is 0 Å². The second kappa shape index (κ2) is 3.25. The summed E-state index contributed by atoms with van der Waals surface area (Å²) in [5, 5.41) is 3.76. The number of halogens is 1. The third-order valence-corrected chi connectivity index (χ3v) is 2.14. The number of rotatable bonds is 1. The van der Waals surface area contributed by atoms with Crippen molar-refractivity contribution < 1.29 is 4.39 Å². The third-order valence-electron chi connectivity index (χ3n) is 2.14. The number of hydrogen-bond donors (Lipinski definition) is 0. The SMILES string of the molecule is Cc1ccc(-n2cc(C)c(F)n2)cc1. The van der Waals surface area contributed by atoms with E-state index in [0.717, 1.165) is 5.69 Å². The summed E-state index contributed by atoms with van der Waals surface area (Å²) in [5.41, 5.74) is 2.62.